The van der Waals surface area contributed by atoms with Crippen molar-refractivity contribution < 1.29 is 14.6 Å². The zero-order valence-corrected chi connectivity index (χ0v) is 10.4. The topological polar surface area (TPSA) is 84.6 Å². The molecule has 2 rings (SSSR count). The van der Waals surface area contributed by atoms with E-state index in [9.17, 15) is 4.79 Å². The third kappa shape index (κ3) is 2.95. The molecule has 0 aliphatic carbocycles. The molecule has 0 heterocycles. The SMILES string of the molecule is COc1ccc(NC(=O)c2ccc(O)cc2)c(N)c1. The number of aromatic hydroxyl groups is 1. The van der Waals surface area contributed by atoms with Gasteiger partial charge < -0.3 is 20.9 Å². The fourth-order valence-corrected chi connectivity index (χ4v) is 1.59. The standard InChI is InChI=1S/C14H14N2O3/c1-19-11-6-7-13(12(15)8-11)16-14(18)9-2-4-10(17)5-3-9/h2-8,17H,15H2,1H3,(H,16,18). The Hall–Kier alpha value is -2.69. The van der Waals surface area contributed by atoms with Crippen molar-refractivity contribution >= 4 is 17.3 Å². The van der Waals surface area contributed by atoms with Crippen LogP contribution in [0.5, 0.6) is 11.5 Å². The maximum absolute atomic E-state index is 12.0. The maximum atomic E-state index is 12.0. The molecule has 0 atom stereocenters. The van der Waals surface area contributed by atoms with Gasteiger partial charge in [0, 0.05) is 11.6 Å². The van der Waals surface area contributed by atoms with Gasteiger partial charge in [0.05, 0.1) is 18.5 Å². The zero-order valence-electron chi connectivity index (χ0n) is 10.4. The zero-order chi connectivity index (χ0) is 13.8. The fourth-order valence-electron chi connectivity index (χ4n) is 1.59. The van der Waals surface area contributed by atoms with Crippen LogP contribution in [0.4, 0.5) is 11.4 Å². The molecule has 5 heteroatoms. The van der Waals surface area contributed by atoms with Crippen LogP contribution in [0.1, 0.15) is 10.4 Å². The van der Waals surface area contributed by atoms with Crippen molar-refractivity contribution in [3.63, 3.8) is 0 Å². The molecule has 1 amide bonds. The van der Waals surface area contributed by atoms with Crippen LogP contribution in [-0.4, -0.2) is 18.1 Å². The summed E-state index contributed by atoms with van der Waals surface area (Å²) in [7, 11) is 1.55. The lowest BCUT2D eigenvalue weighted by Crippen LogP contribution is -2.13. The van der Waals surface area contributed by atoms with Crippen molar-refractivity contribution in [1.29, 1.82) is 0 Å². The van der Waals surface area contributed by atoms with Gasteiger partial charge >= 0.3 is 0 Å². The number of ether oxygens (including phenoxy) is 1. The Kier molecular flexibility index (Phi) is 3.56. The second-order valence-corrected chi connectivity index (χ2v) is 3.95. The van der Waals surface area contributed by atoms with E-state index in [0.29, 0.717) is 22.7 Å². The molecule has 2 aromatic rings. The lowest BCUT2D eigenvalue weighted by Gasteiger charge is -2.09. The molecule has 98 valence electrons. The normalized spacial score (nSPS) is 9.95. The number of hydrogen-bond donors (Lipinski definition) is 3. The smallest absolute Gasteiger partial charge is 0.255 e. The fraction of sp³-hybridized carbons (Fsp3) is 0.0714. The quantitative estimate of drug-likeness (QED) is 0.737. The largest absolute Gasteiger partial charge is 0.508 e. The van der Waals surface area contributed by atoms with Crippen LogP contribution in [-0.2, 0) is 0 Å². The van der Waals surface area contributed by atoms with Gasteiger partial charge in [0.1, 0.15) is 11.5 Å². The van der Waals surface area contributed by atoms with Crippen molar-refractivity contribution in [2.75, 3.05) is 18.2 Å². The van der Waals surface area contributed by atoms with Crippen LogP contribution >= 0.6 is 0 Å². The lowest BCUT2D eigenvalue weighted by atomic mass is 10.2. The molecule has 19 heavy (non-hydrogen) atoms. The van der Waals surface area contributed by atoms with E-state index in [0.717, 1.165) is 0 Å². The van der Waals surface area contributed by atoms with Crippen molar-refractivity contribution in [3.05, 3.63) is 48.0 Å². The summed E-state index contributed by atoms with van der Waals surface area (Å²) in [4.78, 5) is 12.0. The minimum absolute atomic E-state index is 0.112. The minimum Gasteiger partial charge on any atom is -0.508 e. The predicted octanol–water partition coefficient (Wildman–Crippen LogP) is 2.24. The number of phenols is 1. The Morgan fingerprint density at radius 3 is 2.47 bits per heavy atom. The van der Waals surface area contributed by atoms with Gasteiger partial charge in [-0.3, -0.25) is 4.79 Å². The number of nitrogens with one attached hydrogen (secondary N) is 1. The molecule has 4 N–H and O–H groups in total. The number of benzene rings is 2. The molecule has 0 aliphatic heterocycles. The number of nitrogens with two attached hydrogens (primary N) is 1. The molecule has 0 radical (unpaired) electrons. The molecule has 0 spiro atoms. The Bertz CT molecular complexity index is 594. The molecule has 0 unspecified atom stereocenters. The summed E-state index contributed by atoms with van der Waals surface area (Å²) in [6.45, 7) is 0. The van der Waals surface area contributed by atoms with Crippen LogP contribution in [0, 0.1) is 0 Å². The summed E-state index contributed by atoms with van der Waals surface area (Å²) >= 11 is 0. The summed E-state index contributed by atoms with van der Waals surface area (Å²) in [5.74, 6) is 0.442. The molecule has 0 bridgehead atoms. The third-order valence-electron chi connectivity index (χ3n) is 2.64. The summed E-state index contributed by atoms with van der Waals surface area (Å²) in [6, 6.07) is 11.0. The highest BCUT2D eigenvalue weighted by Crippen LogP contribution is 2.24. The second kappa shape index (κ2) is 5.30. The lowest BCUT2D eigenvalue weighted by molar-refractivity contribution is 0.102. The van der Waals surface area contributed by atoms with Crippen molar-refractivity contribution in [3.8, 4) is 11.5 Å². The van der Waals surface area contributed by atoms with E-state index in [-0.39, 0.29) is 11.7 Å². The Labute approximate surface area is 110 Å². The Morgan fingerprint density at radius 1 is 1.21 bits per heavy atom. The van der Waals surface area contributed by atoms with Crippen LogP contribution in [0.3, 0.4) is 0 Å². The second-order valence-electron chi connectivity index (χ2n) is 3.95. The van der Waals surface area contributed by atoms with Crippen LogP contribution < -0.4 is 15.8 Å². The number of phenolic OH excluding ortho intramolecular Hbond substituents is 1. The van der Waals surface area contributed by atoms with Gasteiger partial charge in [0.25, 0.3) is 5.91 Å². The Morgan fingerprint density at radius 2 is 1.89 bits per heavy atom. The van der Waals surface area contributed by atoms with Gasteiger partial charge in [-0.15, -0.1) is 0 Å². The highest BCUT2D eigenvalue weighted by molar-refractivity contribution is 6.05. The van der Waals surface area contributed by atoms with Crippen molar-refractivity contribution in [2.45, 2.75) is 0 Å². The molecule has 0 fully saturated rings. The van der Waals surface area contributed by atoms with Gasteiger partial charge in [-0.2, -0.15) is 0 Å². The van der Waals surface area contributed by atoms with Gasteiger partial charge in [0.15, 0.2) is 0 Å². The minimum atomic E-state index is -0.295. The van der Waals surface area contributed by atoms with Gasteiger partial charge in [-0.05, 0) is 36.4 Å². The summed E-state index contributed by atoms with van der Waals surface area (Å²) in [5, 5.41) is 11.9. The van der Waals surface area contributed by atoms with E-state index >= 15 is 0 Å². The van der Waals surface area contributed by atoms with Gasteiger partial charge in [0.2, 0.25) is 0 Å². The van der Waals surface area contributed by atoms with Crippen LogP contribution in [0.15, 0.2) is 42.5 Å². The van der Waals surface area contributed by atoms with Crippen LogP contribution in [0.25, 0.3) is 0 Å². The first-order chi connectivity index (χ1) is 9.10. The molecule has 5 nitrogen and oxygen atoms in total. The van der Waals surface area contributed by atoms with Crippen molar-refractivity contribution in [1.82, 2.24) is 0 Å². The summed E-state index contributed by atoms with van der Waals surface area (Å²) in [6.07, 6.45) is 0. The summed E-state index contributed by atoms with van der Waals surface area (Å²) in [5.41, 5.74) is 7.19. The van der Waals surface area contributed by atoms with Crippen molar-refractivity contribution in [2.24, 2.45) is 0 Å². The molecule has 0 aromatic heterocycles. The highest BCUT2D eigenvalue weighted by atomic mass is 16.5. The molecule has 0 aliphatic rings. The monoisotopic (exact) mass is 258 g/mol. The van der Waals surface area contributed by atoms with E-state index in [1.54, 1.807) is 25.3 Å². The van der Waals surface area contributed by atoms with E-state index < -0.39 is 0 Å². The predicted molar refractivity (Wildman–Crippen MR) is 73.5 cm³/mol. The first-order valence-corrected chi connectivity index (χ1v) is 5.64. The number of carbonyl (C=O) groups is 1. The molecule has 0 saturated carbocycles. The first kappa shape index (κ1) is 12.8. The third-order valence-corrected chi connectivity index (χ3v) is 2.64. The summed E-state index contributed by atoms with van der Waals surface area (Å²) < 4.78 is 5.03. The Balaban J connectivity index is 2.17. The van der Waals surface area contributed by atoms with E-state index in [1.807, 2.05) is 0 Å². The van der Waals surface area contributed by atoms with E-state index in [1.165, 1.54) is 24.3 Å². The number of amides is 1. The molecular formula is C14H14N2O3. The number of methoxy groups -OCH3 is 1. The van der Waals surface area contributed by atoms with E-state index in [2.05, 4.69) is 5.32 Å². The number of nitrogen functional groups attached to an aromatic ring is 1. The average molecular weight is 258 g/mol. The highest BCUT2D eigenvalue weighted by Gasteiger charge is 2.08. The number of carbonyl (C=O) groups excluding carboxylic acids is 1. The number of hydrogen-bond acceptors (Lipinski definition) is 4. The number of rotatable bonds is 3. The first-order valence-electron chi connectivity index (χ1n) is 5.64. The molecular weight excluding hydrogens is 244 g/mol. The molecule has 2 aromatic carbocycles. The average Bonchev–Trinajstić information content (AvgIpc) is 2.41. The van der Waals surface area contributed by atoms with Gasteiger partial charge in [-0.25, -0.2) is 0 Å². The molecule has 0 saturated heterocycles. The van der Waals surface area contributed by atoms with Crippen LogP contribution in [0.2, 0.25) is 0 Å². The number of anilines is 2. The maximum Gasteiger partial charge on any atom is 0.255 e. The van der Waals surface area contributed by atoms with Gasteiger partial charge in [-0.1, -0.05) is 0 Å². The van der Waals surface area contributed by atoms with E-state index in [4.69, 9.17) is 15.6 Å².